The SMILES string of the molecule is CNC(=O)N1CCN(c2nc3nc(-c4c(C)cc(C(F)(F)F)cc4O)ccn3n2)CC1. The van der Waals surface area contributed by atoms with Crippen molar-refractivity contribution in [2.24, 2.45) is 0 Å². The molecule has 0 unspecified atom stereocenters. The average Bonchev–Trinajstić information content (AvgIpc) is 3.15. The van der Waals surface area contributed by atoms with Crippen LogP contribution in [0.2, 0.25) is 0 Å². The minimum atomic E-state index is -4.55. The van der Waals surface area contributed by atoms with Crippen LogP contribution in [0.3, 0.4) is 0 Å². The molecule has 0 atom stereocenters. The highest BCUT2D eigenvalue weighted by Crippen LogP contribution is 2.38. The van der Waals surface area contributed by atoms with E-state index in [9.17, 15) is 23.1 Å². The van der Waals surface area contributed by atoms with E-state index in [1.165, 1.54) is 11.4 Å². The van der Waals surface area contributed by atoms with Crippen molar-refractivity contribution in [1.29, 1.82) is 0 Å². The number of hydrogen-bond acceptors (Lipinski definition) is 6. The third-order valence-electron chi connectivity index (χ3n) is 5.16. The molecule has 1 saturated heterocycles. The van der Waals surface area contributed by atoms with Crippen molar-refractivity contribution in [1.82, 2.24) is 29.8 Å². The maximum absolute atomic E-state index is 13.0. The summed E-state index contributed by atoms with van der Waals surface area (Å²) < 4.78 is 40.4. The van der Waals surface area contributed by atoms with Gasteiger partial charge in [-0.15, -0.1) is 5.10 Å². The van der Waals surface area contributed by atoms with Gasteiger partial charge in [-0.05, 0) is 30.7 Å². The van der Waals surface area contributed by atoms with Crippen molar-refractivity contribution in [2.75, 3.05) is 38.1 Å². The highest BCUT2D eigenvalue weighted by atomic mass is 19.4. The number of carbonyl (C=O) groups excluding carboxylic acids is 1. The van der Waals surface area contributed by atoms with Crippen LogP contribution in [0.5, 0.6) is 5.75 Å². The Morgan fingerprint density at radius 1 is 1.16 bits per heavy atom. The molecule has 2 N–H and O–H groups in total. The Morgan fingerprint density at radius 2 is 1.87 bits per heavy atom. The minimum absolute atomic E-state index is 0.138. The molecular formula is C19H20F3N7O2. The molecule has 164 valence electrons. The fourth-order valence-corrected chi connectivity index (χ4v) is 3.57. The Kier molecular flexibility index (Phi) is 5.07. The number of aromatic nitrogens is 4. The molecule has 31 heavy (non-hydrogen) atoms. The number of carbonyl (C=O) groups is 1. The number of amides is 2. The van der Waals surface area contributed by atoms with Gasteiger partial charge in [0.2, 0.25) is 5.95 Å². The van der Waals surface area contributed by atoms with Crippen LogP contribution >= 0.6 is 0 Å². The topological polar surface area (TPSA) is 98.9 Å². The van der Waals surface area contributed by atoms with Crippen molar-refractivity contribution < 1.29 is 23.1 Å². The predicted molar refractivity (Wildman–Crippen MR) is 106 cm³/mol. The highest BCUT2D eigenvalue weighted by Gasteiger charge is 2.32. The molecule has 1 aliphatic heterocycles. The molecule has 0 spiro atoms. The second-order valence-electron chi connectivity index (χ2n) is 7.18. The number of phenols is 1. The number of rotatable bonds is 2. The molecule has 2 amide bonds. The predicted octanol–water partition coefficient (Wildman–Crippen LogP) is 2.29. The Morgan fingerprint density at radius 3 is 2.48 bits per heavy atom. The number of benzene rings is 1. The van der Waals surface area contributed by atoms with Gasteiger partial charge in [0.25, 0.3) is 5.78 Å². The highest BCUT2D eigenvalue weighted by molar-refractivity contribution is 5.74. The van der Waals surface area contributed by atoms with Gasteiger partial charge >= 0.3 is 12.2 Å². The number of nitrogens with zero attached hydrogens (tertiary/aromatic N) is 6. The lowest BCUT2D eigenvalue weighted by Crippen LogP contribution is -2.51. The molecule has 2 aromatic heterocycles. The Balaban J connectivity index is 1.61. The van der Waals surface area contributed by atoms with E-state index < -0.39 is 17.5 Å². The van der Waals surface area contributed by atoms with E-state index in [0.29, 0.717) is 43.9 Å². The smallest absolute Gasteiger partial charge is 0.416 e. The van der Waals surface area contributed by atoms with Crippen LogP contribution in [0.15, 0.2) is 24.4 Å². The van der Waals surface area contributed by atoms with E-state index >= 15 is 0 Å². The second kappa shape index (κ2) is 7.60. The van der Waals surface area contributed by atoms with Crippen LogP contribution in [0.1, 0.15) is 11.1 Å². The molecule has 0 aliphatic carbocycles. The number of aromatic hydroxyl groups is 1. The molecule has 0 bridgehead atoms. The largest absolute Gasteiger partial charge is 0.507 e. The standard InChI is InChI=1S/C19H20F3N7O2/c1-11-9-12(19(20,21)22)10-14(30)15(11)13-3-4-29-16(24-13)25-17(26-29)27-5-7-28(8-6-27)18(31)23-2/h3-4,9-10,30H,5-8H2,1-2H3,(H,23,31). The van der Waals surface area contributed by atoms with Gasteiger partial charge in [-0.25, -0.2) is 14.3 Å². The summed E-state index contributed by atoms with van der Waals surface area (Å²) in [6.45, 7) is 3.63. The number of aryl methyl sites for hydroxylation is 1. The average molecular weight is 435 g/mol. The molecule has 1 aliphatic rings. The number of urea groups is 1. The third-order valence-corrected chi connectivity index (χ3v) is 5.16. The number of piperazine rings is 1. The normalized spacial score (nSPS) is 14.9. The van der Waals surface area contributed by atoms with Crippen molar-refractivity contribution in [3.05, 3.63) is 35.5 Å². The fraction of sp³-hybridized carbons (Fsp3) is 0.368. The second-order valence-corrected chi connectivity index (χ2v) is 7.18. The van der Waals surface area contributed by atoms with Gasteiger partial charge in [-0.3, -0.25) is 0 Å². The van der Waals surface area contributed by atoms with Crippen LogP contribution in [0, 0.1) is 6.92 Å². The van der Waals surface area contributed by atoms with Crippen LogP contribution in [0.25, 0.3) is 17.0 Å². The van der Waals surface area contributed by atoms with Crippen LogP contribution < -0.4 is 10.2 Å². The number of nitrogens with one attached hydrogen (secondary N) is 1. The zero-order valence-corrected chi connectivity index (χ0v) is 16.8. The van der Waals surface area contributed by atoms with Crippen LogP contribution in [0.4, 0.5) is 23.9 Å². The molecule has 12 heteroatoms. The quantitative estimate of drug-likeness (QED) is 0.641. The van der Waals surface area contributed by atoms with Gasteiger partial charge < -0.3 is 20.2 Å². The van der Waals surface area contributed by atoms with Crippen LogP contribution in [-0.4, -0.2) is 68.8 Å². The zero-order chi connectivity index (χ0) is 22.3. The first-order valence-electron chi connectivity index (χ1n) is 9.53. The molecule has 1 aromatic carbocycles. The summed E-state index contributed by atoms with van der Waals surface area (Å²) >= 11 is 0. The number of fused-ring (bicyclic) bond motifs is 1. The lowest BCUT2D eigenvalue weighted by Gasteiger charge is -2.33. The fourth-order valence-electron chi connectivity index (χ4n) is 3.57. The lowest BCUT2D eigenvalue weighted by atomic mass is 10.0. The van der Waals surface area contributed by atoms with Crippen molar-refractivity contribution >= 4 is 17.8 Å². The zero-order valence-electron chi connectivity index (χ0n) is 16.8. The summed E-state index contributed by atoms with van der Waals surface area (Å²) in [5, 5.41) is 17.2. The van der Waals surface area contributed by atoms with E-state index in [4.69, 9.17) is 0 Å². The van der Waals surface area contributed by atoms with E-state index in [2.05, 4.69) is 20.4 Å². The van der Waals surface area contributed by atoms with E-state index in [1.54, 1.807) is 24.2 Å². The Labute approximate surface area is 175 Å². The summed E-state index contributed by atoms with van der Waals surface area (Å²) in [5.41, 5.74) is -0.180. The van der Waals surface area contributed by atoms with Gasteiger partial charge in [-0.2, -0.15) is 18.2 Å². The molecular weight excluding hydrogens is 415 g/mol. The number of phenolic OH excluding ortho intramolecular Hbond substituents is 1. The van der Waals surface area contributed by atoms with Crippen molar-refractivity contribution in [3.63, 3.8) is 0 Å². The Bertz CT molecular complexity index is 1110. The van der Waals surface area contributed by atoms with Gasteiger partial charge in [0, 0.05) is 45.0 Å². The monoisotopic (exact) mass is 435 g/mol. The first-order valence-corrected chi connectivity index (χ1v) is 9.53. The molecule has 9 nitrogen and oxygen atoms in total. The van der Waals surface area contributed by atoms with E-state index in [1.807, 2.05) is 4.90 Å². The number of anilines is 1. The molecule has 0 saturated carbocycles. The summed E-state index contributed by atoms with van der Waals surface area (Å²) in [6.07, 6.45) is -2.96. The summed E-state index contributed by atoms with van der Waals surface area (Å²) in [7, 11) is 1.58. The number of hydrogen-bond donors (Lipinski definition) is 2. The summed E-state index contributed by atoms with van der Waals surface area (Å²) in [4.78, 5) is 24.1. The van der Waals surface area contributed by atoms with Gasteiger partial charge in [0.1, 0.15) is 5.75 Å². The Hall–Kier alpha value is -3.57. The number of alkyl halides is 3. The molecule has 4 rings (SSSR count). The lowest BCUT2D eigenvalue weighted by molar-refractivity contribution is -0.137. The molecule has 3 heterocycles. The van der Waals surface area contributed by atoms with Crippen LogP contribution in [-0.2, 0) is 6.18 Å². The number of halogens is 3. The first-order chi connectivity index (χ1) is 14.7. The van der Waals surface area contributed by atoms with Crippen molar-refractivity contribution in [3.8, 4) is 17.0 Å². The molecule has 3 aromatic rings. The van der Waals surface area contributed by atoms with Gasteiger partial charge in [0.05, 0.1) is 11.3 Å². The first kappa shape index (κ1) is 20.7. The maximum atomic E-state index is 13.0. The van der Waals surface area contributed by atoms with Gasteiger partial charge in [0.15, 0.2) is 0 Å². The van der Waals surface area contributed by atoms with Gasteiger partial charge in [-0.1, -0.05) is 0 Å². The maximum Gasteiger partial charge on any atom is 0.416 e. The third kappa shape index (κ3) is 3.92. The summed E-state index contributed by atoms with van der Waals surface area (Å²) in [5.74, 6) is 0.184. The minimum Gasteiger partial charge on any atom is -0.507 e. The molecule has 0 radical (unpaired) electrons. The van der Waals surface area contributed by atoms with Crippen molar-refractivity contribution in [2.45, 2.75) is 13.1 Å². The molecule has 1 fully saturated rings. The van der Waals surface area contributed by atoms with E-state index in [0.717, 1.165) is 6.07 Å². The summed E-state index contributed by atoms with van der Waals surface area (Å²) in [6, 6.07) is 3.09. The van der Waals surface area contributed by atoms with E-state index in [-0.39, 0.29) is 22.9 Å².